The van der Waals surface area contributed by atoms with Gasteiger partial charge < -0.3 is 15.5 Å². The number of nitrogens with zero attached hydrogens (tertiary/aromatic N) is 2. The van der Waals surface area contributed by atoms with E-state index in [1.165, 1.54) is 18.6 Å². The lowest BCUT2D eigenvalue weighted by molar-refractivity contribution is -0.126. The molecule has 1 aromatic rings. The van der Waals surface area contributed by atoms with Crippen molar-refractivity contribution in [2.24, 2.45) is 5.92 Å². The summed E-state index contributed by atoms with van der Waals surface area (Å²) in [4.78, 5) is 16.9. The number of halogens is 1. The monoisotopic (exact) mass is 348 g/mol. The third kappa shape index (κ3) is 4.92. The van der Waals surface area contributed by atoms with Crippen LogP contribution in [0.3, 0.4) is 0 Å². The van der Waals surface area contributed by atoms with E-state index in [0.717, 1.165) is 57.9 Å². The summed E-state index contributed by atoms with van der Waals surface area (Å²) in [6, 6.07) is 6.53. The molecule has 2 unspecified atom stereocenters. The molecule has 2 saturated heterocycles. The second-order valence-electron chi connectivity index (χ2n) is 7.11. The fraction of sp³-hybridized carbons (Fsp3) is 0.632. The molecule has 1 aromatic carbocycles. The SMILES string of the molecule is CC(C(=O)NCCC1CCNC1)N1CCN(c2ccc(F)cc2)CC1. The van der Waals surface area contributed by atoms with E-state index in [2.05, 4.69) is 20.4 Å². The Morgan fingerprint density at radius 2 is 2.00 bits per heavy atom. The number of carbonyl (C=O) groups is 1. The number of carbonyl (C=O) groups excluding carboxylic acids is 1. The highest BCUT2D eigenvalue weighted by molar-refractivity contribution is 5.81. The molecular formula is C19H29FN4O. The highest BCUT2D eigenvalue weighted by atomic mass is 19.1. The smallest absolute Gasteiger partial charge is 0.237 e. The van der Waals surface area contributed by atoms with Crippen LogP contribution in [0, 0.1) is 11.7 Å². The van der Waals surface area contributed by atoms with Crippen molar-refractivity contribution in [2.75, 3.05) is 50.7 Å². The first-order valence-corrected chi connectivity index (χ1v) is 9.36. The molecule has 2 N–H and O–H groups in total. The normalized spacial score (nSPS) is 22.8. The summed E-state index contributed by atoms with van der Waals surface area (Å²) in [5.74, 6) is 0.622. The van der Waals surface area contributed by atoms with E-state index in [0.29, 0.717) is 5.92 Å². The minimum Gasteiger partial charge on any atom is -0.369 e. The zero-order valence-corrected chi connectivity index (χ0v) is 15.0. The maximum absolute atomic E-state index is 13.0. The molecular weight excluding hydrogens is 319 g/mol. The van der Waals surface area contributed by atoms with Gasteiger partial charge in [-0.2, -0.15) is 0 Å². The predicted molar refractivity (Wildman–Crippen MR) is 98.3 cm³/mol. The first kappa shape index (κ1) is 18.1. The largest absolute Gasteiger partial charge is 0.369 e. The fourth-order valence-corrected chi connectivity index (χ4v) is 3.69. The van der Waals surface area contributed by atoms with Crippen LogP contribution in [0.5, 0.6) is 0 Å². The van der Waals surface area contributed by atoms with Gasteiger partial charge >= 0.3 is 0 Å². The minimum absolute atomic E-state index is 0.0999. The second kappa shape index (κ2) is 8.63. The van der Waals surface area contributed by atoms with E-state index in [-0.39, 0.29) is 17.8 Å². The number of piperazine rings is 1. The highest BCUT2D eigenvalue weighted by Crippen LogP contribution is 2.18. The molecule has 0 aliphatic carbocycles. The van der Waals surface area contributed by atoms with Gasteiger partial charge in [0, 0.05) is 38.4 Å². The van der Waals surface area contributed by atoms with Gasteiger partial charge in [0.1, 0.15) is 5.82 Å². The van der Waals surface area contributed by atoms with E-state index < -0.39 is 0 Å². The Kier molecular flexibility index (Phi) is 6.26. The lowest BCUT2D eigenvalue weighted by Gasteiger charge is -2.38. The minimum atomic E-state index is -0.207. The molecule has 0 bridgehead atoms. The van der Waals surface area contributed by atoms with Crippen molar-refractivity contribution in [1.29, 1.82) is 0 Å². The third-order valence-electron chi connectivity index (χ3n) is 5.45. The lowest BCUT2D eigenvalue weighted by Crippen LogP contribution is -2.54. The van der Waals surface area contributed by atoms with Gasteiger partial charge in [0.05, 0.1) is 6.04 Å². The number of hydrogen-bond donors (Lipinski definition) is 2. The molecule has 25 heavy (non-hydrogen) atoms. The molecule has 0 aromatic heterocycles. The molecule has 2 aliphatic rings. The van der Waals surface area contributed by atoms with E-state index in [1.54, 1.807) is 0 Å². The molecule has 138 valence electrons. The van der Waals surface area contributed by atoms with Crippen LogP contribution < -0.4 is 15.5 Å². The quantitative estimate of drug-likeness (QED) is 0.817. The summed E-state index contributed by atoms with van der Waals surface area (Å²) in [6.07, 6.45) is 2.28. The number of hydrogen-bond acceptors (Lipinski definition) is 4. The number of amides is 1. The summed E-state index contributed by atoms with van der Waals surface area (Å²) in [7, 11) is 0. The average molecular weight is 348 g/mol. The van der Waals surface area contributed by atoms with Crippen molar-refractivity contribution < 1.29 is 9.18 Å². The van der Waals surface area contributed by atoms with Crippen molar-refractivity contribution in [1.82, 2.24) is 15.5 Å². The number of benzene rings is 1. The second-order valence-corrected chi connectivity index (χ2v) is 7.11. The van der Waals surface area contributed by atoms with Gasteiger partial charge in [-0.05, 0) is 63.0 Å². The standard InChI is InChI=1S/C19H29FN4O/c1-15(19(25)22-9-7-16-6-8-21-14-16)23-10-12-24(13-11-23)18-4-2-17(20)3-5-18/h2-5,15-16,21H,6-14H2,1H3,(H,22,25). The first-order chi connectivity index (χ1) is 12.1. The van der Waals surface area contributed by atoms with Crippen LogP contribution >= 0.6 is 0 Å². The molecule has 0 radical (unpaired) electrons. The Morgan fingerprint density at radius 3 is 2.64 bits per heavy atom. The van der Waals surface area contributed by atoms with Crippen LogP contribution in [0.15, 0.2) is 24.3 Å². The average Bonchev–Trinajstić information content (AvgIpc) is 3.15. The van der Waals surface area contributed by atoms with E-state index >= 15 is 0 Å². The van der Waals surface area contributed by atoms with Gasteiger partial charge in [0.2, 0.25) is 5.91 Å². The third-order valence-corrected chi connectivity index (χ3v) is 5.45. The zero-order valence-electron chi connectivity index (χ0n) is 15.0. The lowest BCUT2D eigenvalue weighted by atomic mass is 10.1. The first-order valence-electron chi connectivity index (χ1n) is 9.36. The van der Waals surface area contributed by atoms with Crippen LogP contribution in [-0.2, 0) is 4.79 Å². The molecule has 2 fully saturated rings. The number of rotatable bonds is 6. The summed E-state index contributed by atoms with van der Waals surface area (Å²) in [6.45, 7) is 8.35. The Labute approximate surface area is 149 Å². The summed E-state index contributed by atoms with van der Waals surface area (Å²) < 4.78 is 13.0. The van der Waals surface area contributed by atoms with Gasteiger partial charge in [0.15, 0.2) is 0 Å². The van der Waals surface area contributed by atoms with Crippen LogP contribution in [0.25, 0.3) is 0 Å². The summed E-state index contributed by atoms with van der Waals surface area (Å²) in [5, 5.41) is 6.45. The molecule has 1 amide bonds. The predicted octanol–water partition coefficient (Wildman–Crippen LogP) is 1.45. The maximum Gasteiger partial charge on any atom is 0.237 e. The van der Waals surface area contributed by atoms with Gasteiger partial charge in [-0.15, -0.1) is 0 Å². The molecule has 3 rings (SSSR count). The van der Waals surface area contributed by atoms with Gasteiger partial charge in [0.25, 0.3) is 0 Å². The molecule has 2 aliphatic heterocycles. The van der Waals surface area contributed by atoms with E-state index in [1.807, 2.05) is 19.1 Å². The van der Waals surface area contributed by atoms with Crippen LogP contribution in [0.1, 0.15) is 19.8 Å². The molecule has 0 saturated carbocycles. The topological polar surface area (TPSA) is 47.6 Å². The van der Waals surface area contributed by atoms with Crippen molar-refractivity contribution in [3.8, 4) is 0 Å². The molecule has 0 spiro atoms. The Balaban J connectivity index is 1.40. The molecule has 2 heterocycles. The molecule has 5 nitrogen and oxygen atoms in total. The summed E-state index contributed by atoms with van der Waals surface area (Å²) in [5.41, 5.74) is 1.04. The van der Waals surface area contributed by atoms with Crippen molar-refractivity contribution >= 4 is 11.6 Å². The van der Waals surface area contributed by atoms with E-state index in [9.17, 15) is 9.18 Å². The zero-order chi connectivity index (χ0) is 17.6. The summed E-state index contributed by atoms with van der Waals surface area (Å²) >= 11 is 0. The van der Waals surface area contributed by atoms with Gasteiger partial charge in [-0.3, -0.25) is 9.69 Å². The Bertz CT molecular complexity index is 551. The van der Waals surface area contributed by atoms with Crippen molar-refractivity contribution in [3.63, 3.8) is 0 Å². The van der Waals surface area contributed by atoms with Crippen molar-refractivity contribution in [2.45, 2.75) is 25.8 Å². The van der Waals surface area contributed by atoms with Crippen LogP contribution in [0.4, 0.5) is 10.1 Å². The Morgan fingerprint density at radius 1 is 1.28 bits per heavy atom. The van der Waals surface area contributed by atoms with Crippen LogP contribution in [-0.4, -0.2) is 62.7 Å². The van der Waals surface area contributed by atoms with Gasteiger partial charge in [-0.1, -0.05) is 0 Å². The van der Waals surface area contributed by atoms with Crippen molar-refractivity contribution in [3.05, 3.63) is 30.1 Å². The Hall–Kier alpha value is -1.66. The van der Waals surface area contributed by atoms with Gasteiger partial charge in [-0.25, -0.2) is 4.39 Å². The number of anilines is 1. The maximum atomic E-state index is 13.0. The van der Waals surface area contributed by atoms with Crippen LogP contribution in [0.2, 0.25) is 0 Å². The number of nitrogens with one attached hydrogen (secondary N) is 2. The highest BCUT2D eigenvalue weighted by Gasteiger charge is 2.25. The molecule has 2 atom stereocenters. The molecule has 6 heteroatoms. The van der Waals surface area contributed by atoms with E-state index in [4.69, 9.17) is 0 Å². The fourth-order valence-electron chi connectivity index (χ4n) is 3.69.